The van der Waals surface area contributed by atoms with Crippen LogP contribution in [0.3, 0.4) is 0 Å². The summed E-state index contributed by atoms with van der Waals surface area (Å²) in [5.74, 6) is -0.516. The maximum Gasteiger partial charge on any atom is 0.242 e. The second-order valence-corrected chi connectivity index (χ2v) is 11.2. The normalized spacial score (nSPS) is 12.2. The number of nitrogens with zero attached hydrogens (tertiary/aromatic N) is 2. The van der Waals surface area contributed by atoms with Gasteiger partial charge in [-0.2, -0.15) is 0 Å². The minimum Gasteiger partial charge on any atom is -0.357 e. The quantitative estimate of drug-likeness (QED) is 0.373. The van der Waals surface area contributed by atoms with Crippen LogP contribution in [0.15, 0.2) is 89.8 Å². The molecular weight excluding hydrogens is 510 g/mol. The lowest BCUT2D eigenvalue weighted by atomic mass is 10.0. The van der Waals surface area contributed by atoms with Crippen LogP contribution in [0.1, 0.15) is 24.0 Å². The van der Waals surface area contributed by atoms with Gasteiger partial charge in [0.15, 0.2) is 0 Å². The second kappa shape index (κ2) is 13.4. The van der Waals surface area contributed by atoms with E-state index in [1.165, 1.54) is 11.4 Å². The van der Waals surface area contributed by atoms with Gasteiger partial charge in [-0.3, -0.25) is 9.59 Å². The highest BCUT2D eigenvalue weighted by atomic mass is 35.5. The molecule has 1 unspecified atom stereocenters. The minimum atomic E-state index is -3.66. The molecule has 0 aliphatic heterocycles. The van der Waals surface area contributed by atoms with E-state index in [-0.39, 0.29) is 36.2 Å². The van der Waals surface area contributed by atoms with E-state index >= 15 is 0 Å². The second-order valence-electron chi connectivity index (χ2n) is 8.71. The first-order valence-electron chi connectivity index (χ1n) is 12.0. The van der Waals surface area contributed by atoms with Crippen molar-refractivity contribution in [2.45, 2.75) is 36.7 Å². The lowest BCUT2D eigenvalue weighted by Gasteiger charge is -2.31. The largest absolute Gasteiger partial charge is 0.357 e. The van der Waals surface area contributed by atoms with Crippen LogP contribution in [0.4, 0.5) is 0 Å². The molecule has 9 heteroatoms. The predicted molar refractivity (Wildman–Crippen MR) is 145 cm³/mol. The Bertz CT molecular complexity index is 1290. The van der Waals surface area contributed by atoms with E-state index in [0.29, 0.717) is 17.9 Å². The van der Waals surface area contributed by atoms with Crippen LogP contribution in [-0.2, 0) is 32.6 Å². The zero-order valence-electron chi connectivity index (χ0n) is 21.0. The molecule has 1 atom stereocenters. The molecule has 3 rings (SSSR count). The van der Waals surface area contributed by atoms with Crippen molar-refractivity contribution < 1.29 is 18.0 Å². The van der Waals surface area contributed by atoms with Crippen molar-refractivity contribution in [2.24, 2.45) is 0 Å². The van der Waals surface area contributed by atoms with Gasteiger partial charge in [-0.25, -0.2) is 12.7 Å². The third-order valence-electron chi connectivity index (χ3n) is 6.07. The number of hydrogen-bond acceptors (Lipinski definition) is 4. The van der Waals surface area contributed by atoms with E-state index in [0.717, 1.165) is 11.1 Å². The number of halogens is 1. The Hall–Kier alpha value is -3.20. The van der Waals surface area contributed by atoms with Gasteiger partial charge in [0.05, 0.1) is 4.90 Å². The Morgan fingerprint density at radius 3 is 2.16 bits per heavy atom. The molecule has 7 nitrogen and oxygen atoms in total. The number of likely N-dealkylation sites (N-methyl/N-ethyl adjacent to an activating group) is 1. The Labute approximate surface area is 224 Å². The summed E-state index contributed by atoms with van der Waals surface area (Å²) in [4.78, 5) is 28.3. The maximum atomic E-state index is 13.5. The number of hydrogen-bond donors (Lipinski definition) is 1. The van der Waals surface area contributed by atoms with Gasteiger partial charge in [-0.1, -0.05) is 72.3 Å². The molecule has 0 saturated heterocycles. The van der Waals surface area contributed by atoms with Crippen LogP contribution in [-0.4, -0.2) is 56.1 Å². The van der Waals surface area contributed by atoms with Crippen LogP contribution in [0.5, 0.6) is 0 Å². The van der Waals surface area contributed by atoms with Crippen molar-refractivity contribution in [2.75, 3.05) is 20.6 Å². The number of carbonyl (C=O) groups excluding carboxylic acids is 2. The fraction of sp³-hybridized carbons (Fsp3) is 0.286. The highest BCUT2D eigenvalue weighted by Gasteiger charge is 2.30. The number of carbonyl (C=O) groups is 2. The Balaban J connectivity index is 1.78. The predicted octanol–water partition coefficient (Wildman–Crippen LogP) is 4.13. The first-order valence-corrected chi connectivity index (χ1v) is 13.8. The maximum absolute atomic E-state index is 13.5. The smallest absolute Gasteiger partial charge is 0.242 e. The van der Waals surface area contributed by atoms with E-state index in [9.17, 15) is 18.0 Å². The standard InChI is InChI=1S/C28H32ClN3O4S/c1-30-28(34)26(20-22-11-5-3-6-12-22)32(21-23-13-9-14-24(29)19-23)27(33)17-10-18-31(2)37(35,36)25-15-7-4-8-16-25/h3-9,11-16,19,26H,10,17-18,20-21H2,1-2H3,(H,30,34). The summed E-state index contributed by atoms with van der Waals surface area (Å²) in [7, 11) is -0.609. The molecule has 1 N–H and O–H groups in total. The van der Waals surface area contributed by atoms with E-state index in [1.54, 1.807) is 60.5 Å². The van der Waals surface area contributed by atoms with Crippen LogP contribution in [0.2, 0.25) is 5.02 Å². The summed E-state index contributed by atoms with van der Waals surface area (Å²) >= 11 is 6.17. The average molecular weight is 542 g/mol. The van der Waals surface area contributed by atoms with Crippen molar-refractivity contribution >= 4 is 33.4 Å². The lowest BCUT2D eigenvalue weighted by Crippen LogP contribution is -2.49. The van der Waals surface area contributed by atoms with Crippen LogP contribution in [0.25, 0.3) is 0 Å². The Kier molecular flexibility index (Phi) is 10.3. The van der Waals surface area contributed by atoms with Gasteiger partial charge in [-0.05, 0) is 41.8 Å². The zero-order chi connectivity index (χ0) is 26.8. The molecule has 0 aliphatic rings. The molecule has 0 aliphatic carbocycles. The minimum absolute atomic E-state index is 0.0809. The number of rotatable bonds is 12. The van der Waals surface area contributed by atoms with Crippen LogP contribution < -0.4 is 5.32 Å². The Morgan fingerprint density at radius 2 is 1.54 bits per heavy atom. The van der Waals surface area contributed by atoms with Crippen LogP contribution in [0, 0.1) is 0 Å². The first-order chi connectivity index (χ1) is 17.7. The van der Waals surface area contributed by atoms with Gasteiger partial charge >= 0.3 is 0 Å². The van der Waals surface area contributed by atoms with Gasteiger partial charge < -0.3 is 10.2 Å². The molecule has 0 radical (unpaired) electrons. The summed E-state index contributed by atoms with van der Waals surface area (Å²) in [6.45, 7) is 0.361. The summed E-state index contributed by atoms with van der Waals surface area (Å²) in [6, 6.07) is 24.1. The van der Waals surface area contributed by atoms with E-state index < -0.39 is 16.1 Å². The highest BCUT2D eigenvalue weighted by Crippen LogP contribution is 2.19. The molecule has 0 heterocycles. The number of nitrogens with one attached hydrogen (secondary N) is 1. The summed E-state index contributed by atoms with van der Waals surface area (Å²) in [5.41, 5.74) is 1.72. The van der Waals surface area contributed by atoms with Crippen molar-refractivity contribution in [1.82, 2.24) is 14.5 Å². The molecule has 3 aromatic carbocycles. The Morgan fingerprint density at radius 1 is 0.919 bits per heavy atom. The molecular formula is C28H32ClN3O4S. The first kappa shape index (κ1) is 28.4. The summed E-state index contributed by atoms with van der Waals surface area (Å²) < 4.78 is 26.9. The fourth-order valence-corrected chi connectivity index (χ4v) is 5.49. The van der Waals surface area contributed by atoms with E-state index in [1.807, 2.05) is 36.4 Å². The summed E-state index contributed by atoms with van der Waals surface area (Å²) in [5, 5.41) is 3.22. The zero-order valence-corrected chi connectivity index (χ0v) is 22.6. The molecule has 37 heavy (non-hydrogen) atoms. The average Bonchev–Trinajstić information content (AvgIpc) is 2.91. The summed E-state index contributed by atoms with van der Waals surface area (Å²) in [6.07, 6.45) is 0.728. The molecule has 0 aromatic heterocycles. The molecule has 0 saturated carbocycles. The third kappa shape index (κ3) is 7.89. The van der Waals surface area contributed by atoms with Gasteiger partial charge in [0.1, 0.15) is 6.04 Å². The van der Waals surface area contributed by atoms with Gasteiger partial charge in [0.25, 0.3) is 0 Å². The van der Waals surface area contributed by atoms with Gasteiger partial charge in [-0.15, -0.1) is 0 Å². The highest BCUT2D eigenvalue weighted by molar-refractivity contribution is 7.89. The number of sulfonamides is 1. The molecule has 196 valence electrons. The molecule has 3 aromatic rings. The van der Waals surface area contributed by atoms with E-state index in [4.69, 9.17) is 11.6 Å². The van der Waals surface area contributed by atoms with Crippen molar-refractivity contribution in [3.63, 3.8) is 0 Å². The third-order valence-corrected chi connectivity index (χ3v) is 8.18. The van der Waals surface area contributed by atoms with Crippen molar-refractivity contribution in [3.8, 4) is 0 Å². The van der Waals surface area contributed by atoms with Gasteiger partial charge in [0.2, 0.25) is 21.8 Å². The number of benzene rings is 3. The monoisotopic (exact) mass is 541 g/mol. The van der Waals surface area contributed by atoms with Crippen molar-refractivity contribution in [1.29, 1.82) is 0 Å². The molecule has 0 bridgehead atoms. The van der Waals surface area contributed by atoms with Gasteiger partial charge in [0, 0.05) is 45.0 Å². The van der Waals surface area contributed by atoms with E-state index in [2.05, 4.69) is 5.32 Å². The number of amides is 2. The van der Waals surface area contributed by atoms with Crippen LogP contribution >= 0.6 is 11.6 Å². The van der Waals surface area contributed by atoms with Crippen molar-refractivity contribution in [3.05, 3.63) is 101 Å². The molecule has 2 amide bonds. The SMILES string of the molecule is CNC(=O)C(Cc1ccccc1)N(Cc1cccc(Cl)c1)C(=O)CCCN(C)S(=O)(=O)c1ccccc1. The fourth-order valence-electron chi connectivity index (χ4n) is 4.04. The molecule has 0 fully saturated rings. The topological polar surface area (TPSA) is 86.8 Å². The lowest BCUT2D eigenvalue weighted by molar-refractivity contribution is -0.141. The molecule has 0 spiro atoms.